The van der Waals surface area contributed by atoms with Crippen molar-refractivity contribution in [1.82, 2.24) is 9.97 Å². The standard InChI is InChI=1S/C15H28N4/c1-4-6-7-8-9-13(3)18-14-10-12-17-15(19-14)16-11-5-2/h10,12-13H,4-9,11H2,1-3H3,(H2,16,17,18,19). The largest absolute Gasteiger partial charge is 0.367 e. The molecule has 1 aromatic rings. The molecule has 1 atom stereocenters. The Bertz CT molecular complexity index is 341. The van der Waals surface area contributed by atoms with Crippen LogP contribution in [0.3, 0.4) is 0 Å². The van der Waals surface area contributed by atoms with Crippen molar-refractivity contribution in [2.24, 2.45) is 0 Å². The minimum atomic E-state index is 0.464. The van der Waals surface area contributed by atoms with Gasteiger partial charge < -0.3 is 10.6 Å². The first-order valence-corrected chi connectivity index (χ1v) is 7.59. The van der Waals surface area contributed by atoms with Gasteiger partial charge in [0.05, 0.1) is 0 Å². The molecular formula is C15H28N4. The lowest BCUT2D eigenvalue weighted by Crippen LogP contribution is -2.16. The first kappa shape index (κ1) is 15.7. The lowest BCUT2D eigenvalue weighted by Gasteiger charge is -2.14. The molecule has 0 bridgehead atoms. The van der Waals surface area contributed by atoms with Crippen LogP contribution >= 0.6 is 0 Å². The Kier molecular flexibility index (Phi) is 7.94. The zero-order valence-electron chi connectivity index (χ0n) is 12.6. The molecule has 108 valence electrons. The van der Waals surface area contributed by atoms with Gasteiger partial charge in [-0.2, -0.15) is 4.98 Å². The lowest BCUT2D eigenvalue weighted by atomic mass is 10.1. The van der Waals surface area contributed by atoms with Crippen LogP contribution < -0.4 is 10.6 Å². The van der Waals surface area contributed by atoms with Gasteiger partial charge >= 0.3 is 0 Å². The van der Waals surface area contributed by atoms with Crippen molar-refractivity contribution < 1.29 is 0 Å². The fourth-order valence-electron chi connectivity index (χ4n) is 1.96. The summed E-state index contributed by atoms with van der Waals surface area (Å²) in [5, 5.41) is 6.65. The number of hydrogen-bond acceptors (Lipinski definition) is 4. The van der Waals surface area contributed by atoms with E-state index in [2.05, 4.69) is 41.4 Å². The molecule has 0 fully saturated rings. The maximum absolute atomic E-state index is 4.46. The number of unbranched alkanes of at least 4 members (excludes halogenated alkanes) is 3. The maximum Gasteiger partial charge on any atom is 0.224 e. The molecule has 4 nitrogen and oxygen atoms in total. The second-order valence-electron chi connectivity index (χ2n) is 5.09. The third-order valence-corrected chi connectivity index (χ3v) is 3.07. The van der Waals surface area contributed by atoms with E-state index in [1.165, 1.54) is 32.1 Å². The molecule has 0 aliphatic rings. The summed E-state index contributed by atoms with van der Waals surface area (Å²) in [7, 11) is 0. The van der Waals surface area contributed by atoms with Crippen molar-refractivity contribution in [3.63, 3.8) is 0 Å². The Labute approximate surface area is 117 Å². The van der Waals surface area contributed by atoms with Crippen molar-refractivity contribution in [3.8, 4) is 0 Å². The van der Waals surface area contributed by atoms with Crippen molar-refractivity contribution in [2.75, 3.05) is 17.2 Å². The van der Waals surface area contributed by atoms with Gasteiger partial charge in [-0.05, 0) is 25.8 Å². The molecule has 4 heteroatoms. The summed E-state index contributed by atoms with van der Waals surface area (Å²) in [6.07, 6.45) is 9.32. The Balaban J connectivity index is 2.34. The fourth-order valence-corrected chi connectivity index (χ4v) is 1.96. The minimum Gasteiger partial charge on any atom is -0.367 e. The van der Waals surface area contributed by atoms with Crippen LogP contribution in [-0.4, -0.2) is 22.6 Å². The van der Waals surface area contributed by atoms with E-state index in [1.54, 1.807) is 6.20 Å². The molecule has 1 aromatic heterocycles. The normalized spacial score (nSPS) is 12.2. The second kappa shape index (κ2) is 9.59. The molecule has 1 unspecified atom stereocenters. The first-order valence-electron chi connectivity index (χ1n) is 7.59. The Morgan fingerprint density at radius 3 is 2.74 bits per heavy atom. The third-order valence-electron chi connectivity index (χ3n) is 3.07. The van der Waals surface area contributed by atoms with Gasteiger partial charge in [-0.1, -0.05) is 39.5 Å². The molecule has 19 heavy (non-hydrogen) atoms. The number of anilines is 2. The number of hydrogen-bond donors (Lipinski definition) is 2. The summed E-state index contributed by atoms with van der Waals surface area (Å²) >= 11 is 0. The van der Waals surface area contributed by atoms with Crippen molar-refractivity contribution in [2.45, 2.75) is 65.3 Å². The molecule has 1 rings (SSSR count). The van der Waals surface area contributed by atoms with Crippen LogP contribution in [0.4, 0.5) is 11.8 Å². The van der Waals surface area contributed by atoms with E-state index in [0.717, 1.165) is 18.8 Å². The monoisotopic (exact) mass is 264 g/mol. The predicted molar refractivity (Wildman–Crippen MR) is 82.7 cm³/mol. The van der Waals surface area contributed by atoms with Gasteiger partial charge in [-0.25, -0.2) is 4.98 Å². The molecular weight excluding hydrogens is 236 g/mol. The molecule has 1 heterocycles. The summed E-state index contributed by atoms with van der Waals surface area (Å²) < 4.78 is 0. The highest BCUT2D eigenvalue weighted by atomic mass is 15.1. The van der Waals surface area contributed by atoms with Crippen LogP contribution in [0, 0.1) is 0 Å². The van der Waals surface area contributed by atoms with E-state index in [4.69, 9.17) is 0 Å². The van der Waals surface area contributed by atoms with E-state index < -0.39 is 0 Å². The van der Waals surface area contributed by atoms with Gasteiger partial charge in [-0.3, -0.25) is 0 Å². The van der Waals surface area contributed by atoms with Gasteiger partial charge in [0.2, 0.25) is 5.95 Å². The van der Waals surface area contributed by atoms with E-state index in [0.29, 0.717) is 12.0 Å². The minimum absolute atomic E-state index is 0.464. The Morgan fingerprint density at radius 2 is 2.00 bits per heavy atom. The van der Waals surface area contributed by atoms with Crippen LogP contribution in [0.15, 0.2) is 12.3 Å². The fraction of sp³-hybridized carbons (Fsp3) is 0.733. The molecule has 0 saturated carbocycles. The molecule has 0 saturated heterocycles. The molecule has 0 aliphatic carbocycles. The Morgan fingerprint density at radius 1 is 1.16 bits per heavy atom. The number of nitrogens with zero attached hydrogens (tertiary/aromatic N) is 2. The van der Waals surface area contributed by atoms with Crippen LogP contribution in [0.1, 0.15) is 59.3 Å². The number of rotatable bonds is 10. The lowest BCUT2D eigenvalue weighted by molar-refractivity contribution is 0.593. The van der Waals surface area contributed by atoms with Crippen LogP contribution in [0.2, 0.25) is 0 Å². The van der Waals surface area contributed by atoms with Gasteiger partial charge in [-0.15, -0.1) is 0 Å². The van der Waals surface area contributed by atoms with Crippen LogP contribution in [-0.2, 0) is 0 Å². The second-order valence-corrected chi connectivity index (χ2v) is 5.09. The van der Waals surface area contributed by atoms with Gasteiger partial charge in [0, 0.05) is 18.8 Å². The van der Waals surface area contributed by atoms with Gasteiger partial charge in [0.15, 0.2) is 0 Å². The summed E-state index contributed by atoms with van der Waals surface area (Å²) in [4.78, 5) is 8.67. The molecule has 2 N–H and O–H groups in total. The average Bonchev–Trinajstić information content (AvgIpc) is 2.42. The zero-order valence-corrected chi connectivity index (χ0v) is 12.6. The molecule has 0 amide bonds. The van der Waals surface area contributed by atoms with E-state index in [9.17, 15) is 0 Å². The van der Waals surface area contributed by atoms with Crippen molar-refractivity contribution >= 4 is 11.8 Å². The predicted octanol–water partition coefficient (Wildman–Crippen LogP) is 4.07. The number of aromatic nitrogens is 2. The van der Waals surface area contributed by atoms with Crippen LogP contribution in [0.5, 0.6) is 0 Å². The molecule has 0 spiro atoms. The summed E-state index contributed by atoms with van der Waals surface area (Å²) in [5.41, 5.74) is 0. The summed E-state index contributed by atoms with van der Waals surface area (Å²) in [6, 6.07) is 2.39. The first-order chi connectivity index (χ1) is 9.26. The van der Waals surface area contributed by atoms with Gasteiger partial charge in [0.1, 0.15) is 5.82 Å². The van der Waals surface area contributed by atoms with Crippen LogP contribution in [0.25, 0.3) is 0 Å². The molecule has 0 aliphatic heterocycles. The van der Waals surface area contributed by atoms with E-state index in [1.807, 2.05) is 6.07 Å². The maximum atomic E-state index is 4.46. The smallest absolute Gasteiger partial charge is 0.224 e. The van der Waals surface area contributed by atoms with Crippen molar-refractivity contribution in [3.05, 3.63) is 12.3 Å². The average molecular weight is 264 g/mol. The number of nitrogens with one attached hydrogen (secondary N) is 2. The third kappa shape index (κ3) is 6.99. The van der Waals surface area contributed by atoms with E-state index in [-0.39, 0.29) is 0 Å². The summed E-state index contributed by atoms with van der Waals surface area (Å²) in [6.45, 7) is 7.50. The van der Waals surface area contributed by atoms with Gasteiger partial charge in [0.25, 0.3) is 0 Å². The quantitative estimate of drug-likeness (QED) is 0.625. The highest BCUT2D eigenvalue weighted by molar-refractivity contribution is 5.40. The SMILES string of the molecule is CCCCCCC(C)Nc1ccnc(NCCC)n1. The topological polar surface area (TPSA) is 49.8 Å². The molecule has 0 aromatic carbocycles. The van der Waals surface area contributed by atoms with E-state index >= 15 is 0 Å². The summed E-state index contributed by atoms with van der Waals surface area (Å²) in [5.74, 6) is 1.63. The highest BCUT2D eigenvalue weighted by Crippen LogP contribution is 2.11. The molecule has 0 radical (unpaired) electrons. The highest BCUT2D eigenvalue weighted by Gasteiger charge is 2.04. The van der Waals surface area contributed by atoms with Crippen molar-refractivity contribution in [1.29, 1.82) is 0 Å². The zero-order chi connectivity index (χ0) is 13.9. The Hall–Kier alpha value is -1.32.